The summed E-state index contributed by atoms with van der Waals surface area (Å²) in [4.78, 5) is 33.6. The summed E-state index contributed by atoms with van der Waals surface area (Å²) < 4.78 is 5.64. The molecule has 8 nitrogen and oxygen atoms in total. The van der Waals surface area contributed by atoms with E-state index >= 15 is 0 Å². The maximum atomic E-state index is 13.0. The molecule has 33 heavy (non-hydrogen) atoms. The molecule has 0 aromatic carbocycles. The maximum Gasteiger partial charge on any atom is 0.315 e. The number of aliphatic imine (C=N–C) groups is 2. The molecule has 1 aliphatic heterocycles. The Morgan fingerprint density at radius 3 is 2.33 bits per heavy atom. The Balaban J connectivity index is 1.75. The second-order valence-corrected chi connectivity index (χ2v) is 10.1. The van der Waals surface area contributed by atoms with Crippen molar-refractivity contribution in [1.82, 2.24) is 14.9 Å². The van der Waals surface area contributed by atoms with E-state index in [0.717, 1.165) is 38.3 Å². The summed E-state index contributed by atoms with van der Waals surface area (Å²) >= 11 is 0. The van der Waals surface area contributed by atoms with Crippen LogP contribution in [-0.2, 0) is 9.53 Å². The Morgan fingerprint density at radius 1 is 1.09 bits per heavy atom. The van der Waals surface area contributed by atoms with Crippen LogP contribution in [0.3, 0.4) is 0 Å². The molecule has 1 amide bonds. The van der Waals surface area contributed by atoms with Crippen LogP contribution in [0.5, 0.6) is 0 Å². The quantitative estimate of drug-likeness (QED) is 0.386. The van der Waals surface area contributed by atoms with Crippen molar-refractivity contribution in [2.45, 2.75) is 60.3 Å². The number of amides is 1. The number of hydrogen-bond donors (Lipinski definition) is 0. The molecule has 0 bridgehead atoms. The average molecular weight is 457 g/mol. The molecule has 0 N–H and O–H groups in total. The molecule has 1 fully saturated rings. The van der Waals surface area contributed by atoms with Gasteiger partial charge < -0.3 is 14.5 Å². The third-order valence-corrected chi connectivity index (χ3v) is 6.06. The number of ether oxygens (including phenoxy) is 1. The first-order valence-corrected chi connectivity index (χ1v) is 11.7. The van der Waals surface area contributed by atoms with E-state index in [1.165, 1.54) is 0 Å². The number of carbonyl (C=O) groups is 1. The number of amidine groups is 1. The lowest BCUT2D eigenvalue weighted by Gasteiger charge is -2.37. The van der Waals surface area contributed by atoms with Gasteiger partial charge in [0.05, 0.1) is 6.61 Å². The first-order valence-electron chi connectivity index (χ1n) is 11.7. The largest absolute Gasteiger partial charge is 0.463 e. The molecule has 0 spiro atoms. The van der Waals surface area contributed by atoms with Gasteiger partial charge in [-0.1, -0.05) is 33.8 Å². The molecule has 0 aliphatic carbocycles. The molecule has 182 valence electrons. The number of nitrogens with zero attached hydrogens (tertiary/aromatic N) is 6. The van der Waals surface area contributed by atoms with Gasteiger partial charge in [0.1, 0.15) is 0 Å². The molecular formula is C25H40N6O2. The fourth-order valence-electron chi connectivity index (χ4n) is 3.70. The van der Waals surface area contributed by atoms with Crippen LogP contribution in [-0.4, -0.2) is 66.3 Å². The Bertz CT molecular complexity index is 811. The summed E-state index contributed by atoms with van der Waals surface area (Å²) in [6, 6.07) is 2.11. The average Bonchev–Trinajstić information content (AvgIpc) is 2.80. The van der Waals surface area contributed by atoms with Crippen LogP contribution in [0.15, 0.2) is 40.7 Å². The van der Waals surface area contributed by atoms with Crippen molar-refractivity contribution in [3.05, 3.63) is 30.7 Å². The predicted octanol–water partition coefficient (Wildman–Crippen LogP) is 4.34. The van der Waals surface area contributed by atoms with Gasteiger partial charge in [0.2, 0.25) is 11.9 Å². The van der Waals surface area contributed by atoms with Gasteiger partial charge in [-0.15, -0.1) is 0 Å². The molecule has 0 atom stereocenters. The van der Waals surface area contributed by atoms with Gasteiger partial charge in [-0.2, -0.15) is 0 Å². The number of allylic oxidation sites excluding steroid dienone is 1. The topological polar surface area (TPSA) is 83.3 Å². The minimum absolute atomic E-state index is 0.0594. The van der Waals surface area contributed by atoms with Crippen molar-refractivity contribution < 1.29 is 9.53 Å². The molecule has 2 heterocycles. The number of hydrogen-bond acceptors (Lipinski definition) is 6. The number of piperazine rings is 1. The molecular weight excluding hydrogens is 416 g/mol. The molecule has 1 aromatic rings. The van der Waals surface area contributed by atoms with Crippen molar-refractivity contribution in [2.24, 2.45) is 20.8 Å². The number of anilines is 1. The van der Waals surface area contributed by atoms with Gasteiger partial charge in [-0.05, 0) is 49.8 Å². The molecule has 1 aromatic heterocycles. The van der Waals surface area contributed by atoms with E-state index < -0.39 is 0 Å². The second-order valence-electron chi connectivity index (χ2n) is 10.1. The lowest BCUT2D eigenvalue weighted by Crippen LogP contribution is -2.50. The lowest BCUT2D eigenvalue weighted by molar-refractivity contribution is -0.133. The first kappa shape index (κ1) is 26.5. The molecule has 8 heteroatoms. The predicted molar refractivity (Wildman–Crippen MR) is 135 cm³/mol. The van der Waals surface area contributed by atoms with E-state index in [4.69, 9.17) is 4.74 Å². The first-order chi connectivity index (χ1) is 15.7. The summed E-state index contributed by atoms with van der Waals surface area (Å²) in [5, 5.41) is 0. The van der Waals surface area contributed by atoms with Gasteiger partial charge >= 0.3 is 6.02 Å². The van der Waals surface area contributed by atoms with E-state index in [1.54, 1.807) is 18.6 Å². The van der Waals surface area contributed by atoms with E-state index in [0.29, 0.717) is 32.1 Å². The van der Waals surface area contributed by atoms with Gasteiger partial charge in [0.25, 0.3) is 0 Å². The summed E-state index contributed by atoms with van der Waals surface area (Å²) in [6.45, 7) is 17.7. The highest BCUT2D eigenvalue weighted by atomic mass is 16.5. The zero-order valence-electron chi connectivity index (χ0n) is 21.0. The third-order valence-electron chi connectivity index (χ3n) is 6.06. The summed E-state index contributed by atoms with van der Waals surface area (Å²) in [5.74, 6) is 0.969. The van der Waals surface area contributed by atoms with Crippen molar-refractivity contribution in [1.29, 1.82) is 0 Å². The second kappa shape index (κ2) is 12.5. The number of aromatic nitrogens is 2. The van der Waals surface area contributed by atoms with Crippen LogP contribution >= 0.6 is 0 Å². The molecule has 2 rings (SSSR count). The monoisotopic (exact) mass is 456 g/mol. The van der Waals surface area contributed by atoms with Crippen molar-refractivity contribution in [2.75, 3.05) is 37.7 Å². The minimum atomic E-state index is -0.0594. The van der Waals surface area contributed by atoms with E-state index in [9.17, 15) is 4.79 Å². The van der Waals surface area contributed by atoms with Crippen molar-refractivity contribution in [3.63, 3.8) is 0 Å². The van der Waals surface area contributed by atoms with E-state index in [-0.39, 0.29) is 16.7 Å². The highest BCUT2D eigenvalue weighted by molar-refractivity contribution is 5.79. The van der Waals surface area contributed by atoms with Gasteiger partial charge in [0, 0.05) is 51.2 Å². The number of rotatable bonds is 10. The Morgan fingerprint density at radius 2 is 1.73 bits per heavy atom. The normalized spacial score (nSPS) is 15.7. The zero-order valence-corrected chi connectivity index (χ0v) is 21.0. The maximum absolute atomic E-state index is 13.0. The van der Waals surface area contributed by atoms with E-state index in [2.05, 4.69) is 59.3 Å². The van der Waals surface area contributed by atoms with Crippen molar-refractivity contribution >= 4 is 24.6 Å². The standard InChI is InChI=1S/C25H40N6O2/c1-7-12-29-23(26-6)33-19-11-24(2,3)9-10-25(4,5)20-21(32)30-15-17-31(18-16-30)22-27-13-8-14-28-22/h7-8,12-14H,6,9-11,15-20H2,1-5H3/b12-7-,29-23+. The highest BCUT2D eigenvalue weighted by Crippen LogP contribution is 2.35. The Labute approximate surface area is 198 Å². The molecule has 0 unspecified atom stereocenters. The summed E-state index contributed by atoms with van der Waals surface area (Å²) in [6.07, 6.45) is 10.4. The molecule has 0 saturated carbocycles. The van der Waals surface area contributed by atoms with Crippen LogP contribution in [0.2, 0.25) is 0 Å². The summed E-state index contributed by atoms with van der Waals surface area (Å²) in [5.41, 5.74) is 0.0323. The fraction of sp³-hybridized carbons (Fsp3) is 0.640. The lowest BCUT2D eigenvalue weighted by atomic mass is 9.76. The minimum Gasteiger partial charge on any atom is -0.463 e. The van der Waals surface area contributed by atoms with Crippen LogP contribution in [0, 0.1) is 10.8 Å². The van der Waals surface area contributed by atoms with Crippen molar-refractivity contribution in [3.8, 4) is 0 Å². The SMILES string of the molecule is C=N/C(=N\C=C/C)OCCC(C)(C)CCC(C)(C)CC(=O)N1CCN(c2ncccn2)CC1. The Kier molecular flexibility index (Phi) is 10.0. The van der Waals surface area contributed by atoms with Gasteiger partial charge in [-0.25, -0.2) is 20.0 Å². The summed E-state index contributed by atoms with van der Waals surface area (Å²) in [7, 11) is 0. The molecule has 0 radical (unpaired) electrons. The van der Waals surface area contributed by atoms with Gasteiger partial charge in [0.15, 0.2) is 0 Å². The molecule has 1 aliphatic rings. The fourth-order valence-corrected chi connectivity index (χ4v) is 3.70. The Hall–Kier alpha value is -2.77. The van der Waals surface area contributed by atoms with Crippen LogP contribution < -0.4 is 4.90 Å². The number of carbonyl (C=O) groups excluding carboxylic acids is 1. The highest BCUT2D eigenvalue weighted by Gasteiger charge is 2.30. The smallest absolute Gasteiger partial charge is 0.315 e. The van der Waals surface area contributed by atoms with Crippen LogP contribution in [0.1, 0.15) is 60.3 Å². The van der Waals surface area contributed by atoms with Crippen LogP contribution in [0.25, 0.3) is 0 Å². The molecule has 1 saturated heterocycles. The zero-order chi connectivity index (χ0) is 24.3. The van der Waals surface area contributed by atoms with E-state index in [1.807, 2.05) is 24.0 Å². The van der Waals surface area contributed by atoms with Gasteiger partial charge in [-0.3, -0.25) is 4.79 Å². The third kappa shape index (κ3) is 9.32. The van der Waals surface area contributed by atoms with Crippen LogP contribution in [0.4, 0.5) is 5.95 Å².